The molecule has 0 heterocycles. The molecule has 1 aromatic rings. The highest BCUT2D eigenvalue weighted by Gasteiger charge is 2.19. The van der Waals surface area contributed by atoms with E-state index in [2.05, 4.69) is 11.4 Å². The maximum atomic E-state index is 9.91. The second-order valence-electron chi connectivity index (χ2n) is 4.85. The maximum Gasteiger partial charge on any atom is 0.257 e. The number of rotatable bonds is 4. The summed E-state index contributed by atoms with van der Waals surface area (Å²) in [6, 6.07) is 9.19. The molecule has 0 saturated carbocycles. The fourth-order valence-corrected chi connectivity index (χ4v) is 2.21. The molecule has 0 amide bonds. The zero-order chi connectivity index (χ0) is 13.5. The first kappa shape index (κ1) is 14.1. The standard InChI is InChI=1S/C15H22N2O2/c16-13-10-6-1-2-7-11-14(13)17-15(18)19-12-8-4-3-5-9-12/h3-5,7-9,11,13-15,17-18H,1-2,6,10,16H2/b11-7+/t13?,14?,15-/m0/s1. The topological polar surface area (TPSA) is 67.5 Å². The van der Waals surface area contributed by atoms with Crippen LogP contribution in [0.5, 0.6) is 5.75 Å². The second-order valence-corrected chi connectivity index (χ2v) is 4.85. The van der Waals surface area contributed by atoms with E-state index in [9.17, 15) is 5.11 Å². The number of ether oxygens (including phenoxy) is 1. The predicted octanol–water partition coefficient (Wildman–Crippen LogP) is 1.76. The van der Waals surface area contributed by atoms with Crippen LogP contribution < -0.4 is 15.8 Å². The van der Waals surface area contributed by atoms with Crippen molar-refractivity contribution in [1.82, 2.24) is 5.32 Å². The summed E-state index contributed by atoms with van der Waals surface area (Å²) in [5.41, 5.74) is 6.11. The molecular weight excluding hydrogens is 240 g/mol. The molecular formula is C15H22N2O2. The lowest BCUT2D eigenvalue weighted by atomic mass is 9.98. The van der Waals surface area contributed by atoms with Gasteiger partial charge in [-0.15, -0.1) is 0 Å². The maximum absolute atomic E-state index is 9.91. The Bertz CT molecular complexity index is 394. The minimum absolute atomic E-state index is 0.00516. The van der Waals surface area contributed by atoms with E-state index in [1.165, 1.54) is 6.42 Å². The molecule has 4 N–H and O–H groups in total. The Morgan fingerprint density at radius 2 is 2.05 bits per heavy atom. The van der Waals surface area contributed by atoms with Gasteiger partial charge in [0.25, 0.3) is 6.41 Å². The molecule has 4 nitrogen and oxygen atoms in total. The van der Waals surface area contributed by atoms with Gasteiger partial charge in [-0.05, 0) is 31.4 Å². The fraction of sp³-hybridized carbons (Fsp3) is 0.467. The van der Waals surface area contributed by atoms with E-state index in [0.29, 0.717) is 5.75 Å². The molecule has 0 aliphatic heterocycles. The average molecular weight is 262 g/mol. The highest BCUT2D eigenvalue weighted by molar-refractivity contribution is 5.21. The van der Waals surface area contributed by atoms with Gasteiger partial charge in [-0.3, -0.25) is 5.32 Å². The molecule has 1 aliphatic rings. The van der Waals surface area contributed by atoms with E-state index in [0.717, 1.165) is 19.3 Å². The van der Waals surface area contributed by atoms with Crippen LogP contribution >= 0.6 is 0 Å². The first-order valence-corrected chi connectivity index (χ1v) is 6.84. The van der Waals surface area contributed by atoms with Crippen molar-refractivity contribution in [3.05, 3.63) is 42.5 Å². The van der Waals surface area contributed by atoms with E-state index in [1.54, 1.807) is 12.1 Å². The number of hydrogen-bond acceptors (Lipinski definition) is 4. The zero-order valence-electron chi connectivity index (χ0n) is 11.0. The lowest BCUT2D eigenvalue weighted by Crippen LogP contribution is -2.50. The highest BCUT2D eigenvalue weighted by Crippen LogP contribution is 2.13. The Morgan fingerprint density at radius 1 is 1.26 bits per heavy atom. The van der Waals surface area contributed by atoms with Crippen molar-refractivity contribution in [2.45, 2.75) is 44.2 Å². The van der Waals surface area contributed by atoms with E-state index in [1.807, 2.05) is 24.3 Å². The van der Waals surface area contributed by atoms with Crippen LogP contribution in [0.2, 0.25) is 0 Å². The molecule has 2 rings (SSSR count). The van der Waals surface area contributed by atoms with Crippen LogP contribution in [0.15, 0.2) is 42.5 Å². The SMILES string of the molecule is NC1CCCC/C=C/C1N[C@@H](O)Oc1ccccc1. The minimum Gasteiger partial charge on any atom is -0.451 e. The average Bonchev–Trinajstić information content (AvgIpc) is 2.40. The Kier molecular flexibility index (Phi) is 5.39. The monoisotopic (exact) mass is 262 g/mol. The molecule has 0 saturated heterocycles. The Labute approximate surface area is 114 Å². The van der Waals surface area contributed by atoms with Crippen molar-refractivity contribution < 1.29 is 9.84 Å². The van der Waals surface area contributed by atoms with Gasteiger partial charge in [-0.25, -0.2) is 0 Å². The summed E-state index contributed by atoms with van der Waals surface area (Å²) in [7, 11) is 0. The molecule has 19 heavy (non-hydrogen) atoms. The lowest BCUT2D eigenvalue weighted by Gasteiger charge is -2.26. The summed E-state index contributed by atoms with van der Waals surface area (Å²) in [5.74, 6) is 0.630. The smallest absolute Gasteiger partial charge is 0.257 e. The molecule has 0 fully saturated rings. The van der Waals surface area contributed by atoms with Gasteiger partial charge in [0, 0.05) is 12.1 Å². The van der Waals surface area contributed by atoms with Crippen LogP contribution in [0, 0.1) is 0 Å². The third-order valence-electron chi connectivity index (χ3n) is 3.29. The summed E-state index contributed by atoms with van der Waals surface area (Å²) in [4.78, 5) is 0. The molecule has 0 bridgehead atoms. The number of aliphatic hydroxyl groups excluding tert-OH is 1. The first-order chi connectivity index (χ1) is 9.25. The molecule has 0 spiro atoms. The van der Waals surface area contributed by atoms with Gasteiger partial charge in [0.1, 0.15) is 5.75 Å². The third kappa shape index (κ3) is 4.67. The Balaban J connectivity index is 1.89. The summed E-state index contributed by atoms with van der Waals surface area (Å²) in [6.45, 7) is 0. The molecule has 4 heteroatoms. The molecule has 1 aliphatic carbocycles. The van der Waals surface area contributed by atoms with E-state index >= 15 is 0 Å². The van der Waals surface area contributed by atoms with Crippen molar-refractivity contribution in [2.24, 2.45) is 5.73 Å². The van der Waals surface area contributed by atoms with Crippen molar-refractivity contribution in [3.8, 4) is 5.75 Å². The number of benzene rings is 1. The Hall–Kier alpha value is -1.36. The number of nitrogens with one attached hydrogen (secondary N) is 1. The van der Waals surface area contributed by atoms with Crippen LogP contribution in [0.25, 0.3) is 0 Å². The van der Waals surface area contributed by atoms with Crippen LogP contribution in [-0.2, 0) is 0 Å². The molecule has 0 radical (unpaired) electrons. The number of hydrogen-bond donors (Lipinski definition) is 3. The van der Waals surface area contributed by atoms with Gasteiger partial charge in [0.15, 0.2) is 0 Å². The number of allylic oxidation sites excluding steroid dienone is 1. The first-order valence-electron chi connectivity index (χ1n) is 6.84. The van der Waals surface area contributed by atoms with Crippen LogP contribution in [-0.4, -0.2) is 23.6 Å². The lowest BCUT2D eigenvalue weighted by molar-refractivity contribution is -0.0504. The van der Waals surface area contributed by atoms with E-state index < -0.39 is 6.41 Å². The summed E-state index contributed by atoms with van der Waals surface area (Å²) < 4.78 is 5.39. The van der Waals surface area contributed by atoms with Gasteiger partial charge < -0.3 is 15.6 Å². The van der Waals surface area contributed by atoms with Gasteiger partial charge in [-0.1, -0.05) is 36.8 Å². The quantitative estimate of drug-likeness (QED) is 0.571. The van der Waals surface area contributed by atoms with Gasteiger partial charge in [0.2, 0.25) is 0 Å². The van der Waals surface area contributed by atoms with Crippen LogP contribution in [0.3, 0.4) is 0 Å². The Morgan fingerprint density at radius 3 is 2.84 bits per heavy atom. The largest absolute Gasteiger partial charge is 0.451 e. The van der Waals surface area contributed by atoms with E-state index in [4.69, 9.17) is 10.5 Å². The summed E-state index contributed by atoms with van der Waals surface area (Å²) >= 11 is 0. The van der Waals surface area contributed by atoms with Gasteiger partial charge in [-0.2, -0.15) is 0 Å². The number of aliphatic hydroxyl groups is 1. The van der Waals surface area contributed by atoms with Crippen LogP contribution in [0.4, 0.5) is 0 Å². The number of nitrogens with two attached hydrogens (primary N) is 1. The minimum atomic E-state index is -1.05. The normalized spacial score (nSPS) is 27.1. The fourth-order valence-electron chi connectivity index (χ4n) is 2.21. The van der Waals surface area contributed by atoms with Crippen molar-refractivity contribution in [3.63, 3.8) is 0 Å². The summed E-state index contributed by atoms with van der Waals surface area (Å²) in [5, 5.41) is 12.9. The third-order valence-corrected chi connectivity index (χ3v) is 3.29. The molecule has 1 aromatic carbocycles. The van der Waals surface area contributed by atoms with E-state index in [-0.39, 0.29) is 12.1 Å². The van der Waals surface area contributed by atoms with Crippen LogP contribution in [0.1, 0.15) is 25.7 Å². The highest BCUT2D eigenvalue weighted by atomic mass is 16.6. The molecule has 0 aromatic heterocycles. The zero-order valence-corrected chi connectivity index (χ0v) is 11.0. The second kappa shape index (κ2) is 7.28. The van der Waals surface area contributed by atoms with Crippen molar-refractivity contribution >= 4 is 0 Å². The predicted molar refractivity (Wildman–Crippen MR) is 75.6 cm³/mol. The number of para-hydroxylation sites is 1. The summed E-state index contributed by atoms with van der Waals surface area (Å²) in [6.07, 6.45) is 7.43. The molecule has 2 unspecified atom stereocenters. The van der Waals surface area contributed by atoms with Crippen molar-refractivity contribution in [2.75, 3.05) is 0 Å². The van der Waals surface area contributed by atoms with Crippen molar-refractivity contribution in [1.29, 1.82) is 0 Å². The molecule has 3 atom stereocenters. The van der Waals surface area contributed by atoms with Gasteiger partial charge >= 0.3 is 0 Å². The van der Waals surface area contributed by atoms with Gasteiger partial charge in [0.05, 0.1) is 0 Å². The molecule has 104 valence electrons.